The van der Waals surface area contributed by atoms with Gasteiger partial charge in [-0.25, -0.2) is 4.98 Å². The zero-order valence-electron chi connectivity index (χ0n) is 14.2. The molecule has 2 heterocycles. The number of hydrogen-bond donors (Lipinski definition) is 2. The molecule has 3 aromatic rings. The molecule has 0 aliphatic carbocycles. The van der Waals surface area contributed by atoms with E-state index in [1.807, 2.05) is 48.7 Å². The Kier molecular flexibility index (Phi) is 5.65. The minimum Gasteiger partial charge on any atom is -0.483 e. The summed E-state index contributed by atoms with van der Waals surface area (Å²) in [6.07, 6.45) is 0. The summed E-state index contributed by atoms with van der Waals surface area (Å²) in [5.74, 6) is 0.168. The average Bonchev–Trinajstić information content (AvgIpc) is 3.23. The van der Waals surface area contributed by atoms with Gasteiger partial charge in [-0.3, -0.25) is 14.9 Å². The van der Waals surface area contributed by atoms with Crippen LogP contribution in [-0.4, -0.2) is 23.4 Å². The number of rotatable bonds is 6. The number of amides is 2. The fourth-order valence-electron chi connectivity index (χ4n) is 2.22. The zero-order valence-corrected chi connectivity index (χ0v) is 15.9. The smallest absolute Gasteiger partial charge is 0.264 e. The molecule has 0 aliphatic heterocycles. The lowest BCUT2D eigenvalue weighted by Gasteiger charge is -2.07. The van der Waals surface area contributed by atoms with Crippen LogP contribution in [0.15, 0.2) is 41.8 Å². The van der Waals surface area contributed by atoms with Crippen molar-refractivity contribution in [2.75, 3.05) is 17.2 Å². The van der Waals surface area contributed by atoms with Crippen molar-refractivity contribution in [2.24, 2.45) is 0 Å². The lowest BCUT2D eigenvalue weighted by molar-refractivity contribution is -0.118. The number of hydrogen-bond acceptors (Lipinski definition) is 6. The molecule has 0 radical (unpaired) electrons. The van der Waals surface area contributed by atoms with Gasteiger partial charge in [-0.05, 0) is 30.0 Å². The lowest BCUT2D eigenvalue weighted by atomic mass is 10.2. The number of aryl methyl sites for hydroxylation is 1. The highest BCUT2D eigenvalue weighted by Crippen LogP contribution is 2.37. The highest BCUT2D eigenvalue weighted by atomic mass is 32.1. The fourth-order valence-corrected chi connectivity index (χ4v) is 3.94. The number of carbonyl (C=O) groups is 2. The quantitative estimate of drug-likeness (QED) is 0.666. The third-order valence-electron chi connectivity index (χ3n) is 3.37. The van der Waals surface area contributed by atoms with Gasteiger partial charge in [0.1, 0.15) is 16.4 Å². The van der Waals surface area contributed by atoms with Crippen LogP contribution in [0, 0.1) is 6.92 Å². The van der Waals surface area contributed by atoms with Gasteiger partial charge in [-0.2, -0.15) is 0 Å². The molecule has 0 saturated heterocycles. The monoisotopic (exact) mass is 387 g/mol. The number of nitrogens with one attached hydrogen (secondary N) is 2. The van der Waals surface area contributed by atoms with Crippen molar-refractivity contribution in [3.8, 4) is 16.3 Å². The molecular weight excluding hydrogens is 370 g/mol. The molecule has 2 N–H and O–H groups in total. The Balaban J connectivity index is 1.70. The predicted molar refractivity (Wildman–Crippen MR) is 105 cm³/mol. The average molecular weight is 387 g/mol. The summed E-state index contributed by atoms with van der Waals surface area (Å²) < 4.78 is 5.54. The van der Waals surface area contributed by atoms with Crippen LogP contribution in [0.3, 0.4) is 0 Å². The van der Waals surface area contributed by atoms with Crippen molar-refractivity contribution in [1.82, 2.24) is 4.98 Å². The minimum absolute atomic E-state index is 0.117. The van der Waals surface area contributed by atoms with Crippen LogP contribution in [-0.2, 0) is 9.59 Å². The molecular formula is C18H17N3O3S2. The number of thiophene rings is 1. The van der Waals surface area contributed by atoms with Crippen molar-refractivity contribution in [3.63, 3.8) is 0 Å². The number of benzene rings is 1. The van der Waals surface area contributed by atoms with E-state index in [0.717, 1.165) is 10.4 Å². The van der Waals surface area contributed by atoms with Crippen molar-refractivity contribution >= 4 is 44.6 Å². The first-order valence-electron chi connectivity index (χ1n) is 7.83. The van der Waals surface area contributed by atoms with E-state index < -0.39 is 0 Å². The molecule has 0 unspecified atom stereocenters. The molecule has 2 amide bonds. The predicted octanol–water partition coefficient (Wildman–Crippen LogP) is 4.16. The molecule has 0 saturated carbocycles. The van der Waals surface area contributed by atoms with E-state index in [1.54, 1.807) is 0 Å². The van der Waals surface area contributed by atoms with Gasteiger partial charge in [0, 0.05) is 6.92 Å². The second-order valence-electron chi connectivity index (χ2n) is 5.46. The summed E-state index contributed by atoms with van der Waals surface area (Å²) in [7, 11) is 0. The number of nitrogens with zero attached hydrogens (tertiary/aromatic N) is 1. The molecule has 0 atom stereocenters. The molecule has 0 bridgehead atoms. The molecule has 134 valence electrons. The topological polar surface area (TPSA) is 80.3 Å². The Labute approximate surface area is 158 Å². The highest BCUT2D eigenvalue weighted by molar-refractivity contribution is 7.21. The van der Waals surface area contributed by atoms with E-state index in [-0.39, 0.29) is 18.4 Å². The summed E-state index contributed by atoms with van der Waals surface area (Å²) in [6.45, 7) is 3.24. The number of para-hydroxylation sites is 1. The summed E-state index contributed by atoms with van der Waals surface area (Å²) in [4.78, 5) is 29.0. The van der Waals surface area contributed by atoms with Gasteiger partial charge in [-0.15, -0.1) is 11.3 Å². The first-order valence-corrected chi connectivity index (χ1v) is 9.53. The molecule has 0 fully saturated rings. The molecule has 6 nitrogen and oxygen atoms in total. The lowest BCUT2D eigenvalue weighted by Crippen LogP contribution is -2.20. The molecule has 0 spiro atoms. The summed E-state index contributed by atoms with van der Waals surface area (Å²) in [5, 5.41) is 8.44. The van der Waals surface area contributed by atoms with E-state index in [9.17, 15) is 9.59 Å². The maximum Gasteiger partial charge on any atom is 0.264 e. The number of anilines is 2. The van der Waals surface area contributed by atoms with Crippen LogP contribution in [0.25, 0.3) is 10.6 Å². The maximum absolute atomic E-state index is 12.2. The van der Waals surface area contributed by atoms with Crippen LogP contribution in [0.2, 0.25) is 0 Å². The van der Waals surface area contributed by atoms with Crippen molar-refractivity contribution in [2.45, 2.75) is 13.8 Å². The second-order valence-corrected chi connectivity index (χ2v) is 7.40. The van der Waals surface area contributed by atoms with E-state index in [0.29, 0.717) is 21.6 Å². The van der Waals surface area contributed by atoms with Crippen molar-refractivity contribution in [3.05, 3.63) is 47.3 Å². The normalized spacial score (nSPS) is 10.4. The van der Waals surface area contributed by atoms with Gasteiger partial charge in [0.2, 0.25) is 5.91 Å². The molecule has 8 heteroatoms. The summed E-state index contributed by atoms with van der Waals surface area (Å²) in [5.41, 5.74) is 1.61. The Morgan fingerprint density at radius 2 is 1.96 bits per heavy atom. The van der Waals surface area contributed by atoms with Crippen LogP contribution < -0.4 is 15.4 Å². The van der Waals surface area contributed by atoms with Crippen molar-refractivity contribution in [1.29, 1.82) is 0 Å². The van der Waals surface area contributed by atoms with E-state index >= 15 is 0 Å². The third kappa shape index (κ3) is 4.47. The summed E-state index contributed by atoms with van der Waals surface area (Å²) in [6, 6.07) is 11.3. The number of carbonyl (C=O) groups excluding carboxylic acids is 2. The number of thiazole rings is 1. The van der Waals surface area contributed by atoms with Gasteiger partial charge >= 0.3 is 0 Å². The van der Waals surface area contributed by atoms with Gasteiger partial charge < -0.3 is 10.1 Å². The fraction of sp³-hybridized carbons (Fsp3) is 0.167. The Hall–Kier alpha value is -2.71. The van der Waals surface area contributed by atoms with Gasteiger partial charge in [0.15, 0.2) is 11.7 Å². The van der Waals surface area contributed by atoms with E-state index in [2.05, 4.69) is 15.6 Å². The van der Waals surface area contributed by atoms with Crippen LogP contribution >= 0.6 is 22.7 Å². The van der Waals surface area contributed by atoms with Gasteiger partial charge in [0.05, 0.1) is 4.88 Å². The van der Waals surface area contributed by atoms with Crippen molar-refractivity contribution < 1.29 is 14.3 Å². The Morgan fingerprint density at radius 1 is 1.15 bits per heavy atom. The highest BCUT2D eigenvalue weighted by Gasteiger charge is 2.17. The minimum atomic E-state index is -0.311. The molecule has 1 aromatic carbocycles. The number of aromatic nitrogens is 1. The maximum atomic E-state index is 12.2. The standard InChI is InChI=1S/C18H17N3O3S2/c1-11-6-3-4-7-13(11)24-10-15(23)20-18-21-16(14-8-5-9-25-14)17(26-18)19-12(2)22/h3-9H,10H2,1-2H3,(H,19,22)(H,20,21,23). The van der Waals surface area contributed by atoms with Crippen LogP contribution in [0.5, 0.6) is 5.75 Å². The molecule has 3 rings (SSSR count). The van der Waals surface area contributed by atoms with E-state index in [1.165, 1.54) is 29.6 Å². The zero-order chi connectivity index (χ0) is 18.5. The Morgan fingerprint density at radius 3 is 2.65 bits per heavy atom. The van der Waals surface area contributed by atoms with Crippen LogP contribution in [0.1, 0.15) is 12.5 Å². The third-order valence-corrected chi connectivity index (χ3v) is 5.13. The largest absolute Gasteiger partial charge is 0.483 e. The molecule has 2 aromatic heterocycles. The Bertz CT molecular complexity index is 920. The van der Waals surface area contributed by atoms with Crippen LogP contribution in [0.4, 0.5) is 10.1 Å². The second kappa shape index (κ2) is 8.11. The molecule has 0 aliphatic rings. The van der Waals surface area contributed by atoms with E-state index in [4.69, 9.17) is 4.74 Å². The number of ether oxygens (including phenoxy) is 1. The van der Waals surface area contributed by atoms with Gasteiger partial charge in [0.25, 0.3) is 5.91 Å². The first kappa shape index (κ1) is 18.1. The molecule has 26 heavy (non-hydrogen) atoms. The summed E-state index contributed by atoms with van der Waals surface area (Å²) >= 11 is 2.73. The first-order chi connectivity index (χ1) is 12.5. The SMILES string of the molecule is CC(=O)Nc1sc(NC(=O)COc2ccccc2C)nc1-c1cccs1. The van der Waals surface area contributed by atoms with Gasteiger partial charge in [-0.1, -0.05) is 35.6 Å².